The second kappa shape index (κ2) is 9.32. The number of benzene rings is 3. The number of carbonyl (C=O) groups excluding carboxylic acids is 1. The zero-order valence-electron chi connectivity index (χ0n) is 18.5. The van der Waals surface area contributed by atoms with Crippen LogP contribution in [0.3, 0.4) is 0 Å². The predicted octanol–water partition coefficient (Wildman–Crippen LogP) is 5.60. The lowest BCUT2D eigenvalue weighted by molar-refractivity contribution is 0.0526. The van der Waals surface area contributed by atoms with Crippen LogP contribution in [0.2, 0.25) is 0 Å². The van der Waals surface area contributed by atoms with E-state index in [4.69, 9.17) is 9.15 Å². The van der Waals surface area contributed by atoms with Gasteiger partial charge in [-0.15, -0.1) is 0 Å². The Morgan fingerprint density at radius 3 is 2.54 bits per heavy atom. The molecule has 0 radical (unpaired) electrons. The number of esters is 1. The number of oxazole rings is 1. The van der Waals surface area contributed by atoms with Crippen molar-refractivity contribution in [1.29, 1.82) is 0 Å². The number of nitrogens with one attached hydrogen (secondary N) is 1. The molecular formula is C25H19N3O5S2. The molecule has 0 fully saturated rings. The molecule has 0 spiro atoms. The minimum atomic E-state index is -3.88. The van der Waals surface area contributed by atoms with Crippen LogP contribution in [-0.2, 0) is 14.8 Å². The van der Waals surface area contributed by atoms with Crippen LogP contribution in [-0.4, -0.2) is 31.0 Å². The fourth-order valence-electron chi connectivity index (χ4n) is 3.40. The van der Waals surface area contributed by atoms with Crippen molar-refractivity contribution >= 4 is 42.7 Å². The van der Waals surface area contributed by atoms with E-state index >= 15 is 0 Å². The van der Waals surface area contributed by atoms with Crippen LogP contribution in [0.1, 0.15) is 17.3 Å². The topological polar surface area (TPSA) is 111 Å². The van der Waals surface area contributed by atoms with Crippen molar-refractivity contribution < 1.29 is 22.4 Å². The van der Waals surface area contributed by atoms with Crippen LogP contribution >= 0.6 is 11.3 Å². The zero-order chi connectivity index (χ0) is 24.4. The van der Waals surface area contributed by atoms with Gasteiger partial charge in [0.1, 0.15) is 0 Å². The highest BCUT2D eigenvalue weighted by molar-refractivity contribution is 7.93. The molecule has 0 aliphatic heterocycles. The smallest absolute Gasteiger partial charge is 0.338 e. The second-order valence-corrected chi connectivity index (χ2v) is 10.2. The van der Waals surface area contributed by atoms with E-state index < -0.39 is 16.0 Å². The molecule has 0 amide bonds. The number of thiazole rings is 1. The molecule has 0 atom stereocenters. The van der Waals surface area contributed by atoms with Gasteiger partial charge in [-0.1, -0.05) is 41.7 Å². The molecule has 3 aromatic carbocycles. The van der Waals surface area contributed by atoms with E-state index in [0.29, 0.717) is 33.0 Å². The van der Waals surface area contributed by atoms with Crippen LogP contribution in [0.25, 0.3) is 33.0 Å². The van der Waals surface area contributed by atoms with Crippen LogP contribution in [0, 0.1) is 0 Å². The zero-order valence-corrected chi connectivity index (χ0v) is 20.1. The highest BCUT2D eigenvalue weighted by atomic mass is 32.2. The van der Waals surface area contributed by atoms with Crippen molar-refractivity contribution in [1.82, 2.24) is 9.97 Å². The van der Waals surface area contributed by atoms with E-state index in [9.17, 15) is 13.2 Å². The summed E-state index contributed by atoms with van der Waals surface area (Å²) in [5, 5.41) is 0.199. The van der Waals surface area contributed by atoms with Gasteiger partial charge in [-0.3, -0.25) is 4.72 Å². The summed E-state index contributed by atoms with van der Waals surface area (Å²) in [5.41, 5.74) is 2.52. The lowest BCUT2D eigenvalue weighted by Gasteiger charge is -2.05. The van der Waals surface area contributed by atoms with E-state index in [1.54, 1.807) is 43.5 Å². The maximum atomic E-state index is 12.9. The summed E-state index contributed by atoms with van der Waals surface area (Å²) in [6.45, 7) is 2.00. The molecular weight excluding hydrogens is 486 g/mol. The first kappa shape index (κ1) is 22.8. The fraction of sp³-hybridized carbons (Fsp3) is 0.0800. The number of rotatable bonds is 7. The molecule has 0 unspecified atom stereocenters. The molecule has 0 aliphatic rings. The van der Waals surface area contributed by atoms with Crippen molar-refractivity contribution in [3.05, 3.63) is 84.6 Å². The Kier molecular flexibility index (Phi) is 6.06. The monoisotopic (exact) mass is 505 g/mol. The first-order chi connectivity index (χ1) is 16.9. The van der Waals surface area contributed by atoms with Gasteiger partial charge in [0.15, 0.2) is 10.9 Å². The highest BCUT2D eigenvalue weighted by Gasteiger charge is 2.18. The maximum absolute atomic E-state index is 12.9. The number of aromatic nitrogens is 2. The summed E-state index contributed by atoms with van der Waals surface area (Å²) in [6, 6.07) is 20.7. The molecule has 0 saturated heterocycles. The lowest BCUT2D eigenvalue weighted by Crippen LogP contribution is -2.12. The standard InChI is InChI=1S/C25H19N3O5S2/c1-2-32-24(29)18-10-13-20-22(14-18)34-25(27-20)28-35(30,31)19-11-8-17(9-12-19)23-26-15-21(33-23)16-6-4-3-5-7-16/h3-15H,2H2,1H3,(H,27,28). The Morgan fingerprint density at radius 1 is 1.03 bits per heavy atom. The Bertz CT molecular complexity index is 1610. The molecule has 35 heavy (non-hydrogen) atoms. The van der Waals surface area contributed by atoms with Crippen LogP contribution < -0.4 is 4.72 Å². The molecule has 2 heterocycles. The quantitative estimate of drug-likeness (QED) is 0.287. The largest absolute Gasteiger partial charge is 0.462 e. The fourth-order valence-corrected chi connectivity index (χ4v) is 5.54. The van der Waals surface area contributed by atoms with Gasteiger partial charge in [0.05, 0.1) is 33.5 Å². The van der Waals surface area contributed by atoms with Gasteiger partial charge in [-0.25, -0.2) is 23.2 Å². The average Bonchev–Trinajstić information content (AvgIpc) is 3.51. The van der Waals surface area contributed by atoms with Gasteiger partial charge in [-0.2, -0.15) is 0 Å². The van der Waals surface area contributed by atoms with Crippen LogP contribution in [0.15, 0.2) is 88.3 Å². The van der Waals surface area contributed by atoms with Crippen LogP contribution in [0.4, 0.5) is 5.13 Å². The number of hydrogen-bond acceptors (Lipinski definition) is 8. The van der Waals surface area contributed by atoms with Gasteiger partial charge in [0, 0.05) is 11.1 Å². The van der Waals surface area contributed by atoms with Gasteiger partial charge in [0.2, 0.25) is 5.89 Å². The summed E-state index contributed by atoms with van der Waals surface area (Å²) >= 11 is 1.13. The first-order valence-electron chi connectivity index (χ1n) is 10.6. The first-order valence-corrected chi connectivity index (χ1v) is 12.9. The molecule has 0 bridgehead atoms. The predicted molar refractivity (Wildman–Crippen MR) is 134 cm³/mol. The Morgan fingerprint density at radius 2 is 1.80 bits per heavy atom. The summed E-state index contributed by atoms with van der Waals surface area (Å²) in [6.07, 6.45) is 1.64. The van der Waals surface area contributed by atoms with Gasteiger partial charge in [0.25, 0.3) is 10.0 Å². The lowest BCUT2D eigenvalue weighted by atomic mass is 10.2. The molecule has 10 heteroatoms. The Hall–Kier alpha value is -4.02. The molecule has 5 rings (SSSR count). The molecule has 1 N–H and O–H groups in total. The van der Waals surface area contributed by atoms with Crippen molar-refractivity contribution in [3.63, 3.8) is 0 Å². The third kappa shape index (κ3) is 4.79. The van der Waals surface area contributed by atoms with Crippen molar-refractivity contribution in [2.75, 3.05) is 11.3 Å². The number of nitrogens with zero attached hydrogens (tertiary/aromatic N) is 2. The average molecular weight is 506 g/mol. The SMILES string of the molecule is CCOC(=O)c1ccc2nc(NS(=O)(=O)c3ccc(-c4ncc(-c5ccccc5)o4)cc3)sc2c1. The summed E-state index contributed by atoms with van der Waals surface area (Å²) < 4.78 is 39.9. The summed E-state index contributed by atoms with van der Waals surface area (Å²) in [5.74, 6) is 0.581. The third-order valence-electron chi connectivity index (χ3n) is 5.10. The van der Waals surface area contributed by atoms with Crippen molar-refractivity contribution in [2.45, 2.75) is 11.8 Å². The number of ether oxygens (including phenoxy) is 1. The van der Waals surface area contributed by atoms with Gasteiger partial charge in [-0.05, 0) is 49.4 Å². The number of carbonyl (C=O) groups is 1. The summed E-state index contributed by atoms with van der Waals surface area (Å²) in [7, 11) is -3.88. The minimum Gasteiger partial charge on any atom is -0.462 e. The molecule has 0 aliphatic carbocycles. The number of sulfonamides is 1. The molecule has 5 aromatic rings. The maximum Gasteiger partial charge on any atom is 0.338 e. The normalized spacial score (nSPS) is 11.5. The molecule has 0 saturated carbocycles. The Labute approximate surface area is 205 Å². The van der Waals surface area contributed by atoms with E-state index in [0.717, 1.165) is 16.9 Å². The Balaban J connectivity index is 1.34. The van der Waals surface area contributed by atoms with Crippen LogP contribution in [0.5, 0.6) is 0 Å². The van der Waals surface area contributed by atoms with Gasteiger partial charge < -0.3 is 9.15 Å². The van der Waals surface area contributed by atoms with E-state index in [1.807, 2.05) is 30.3 Å². The summed E-state index contributed by atoms with van der Waals surface area (Å²) in [4.78, 5) is 20.6. The van der Waals surface area contributed by atoms with Crippen molar-refractivity contribution in [3.8, 4) is 22.8 Å². The van der Waals surface area contributed by atoms with Gasteiger partial charge >= 0.3 is 5.97 Å². The van der Waals surface area contributed by atoms with E-state index in [-0.39, 0.29) is 16.6 Å². The van der Waals surface area contributed by atoms with E-state index in [1.165, 1.54) is 12.1 Å². The second-order valence-electron chi connectivity index (χ2n) is 7.45. The number of anilines is 1. The molecule has 176 valence electrons. The minimum absolute atomic E-state index is 0.0718. The van der Waals surface area contributed by atoms with Crippen molar-refractivity contribution in [2.24, 2.45) is 0 Å². The molecule has 8 nitrogen and oxygen atoms in total. The third-order valence-corrected chi connectivity index (χ3v) is 7.51. The highest BCUT2D eigenvalue weighted by Crippen LogP contribution is 2.30. The molecule has 2 aromatic heterocycles. The number of hydrogen-bond donors (Lipinski definition) is 1. The van der Waals surface area contributed by atoms with E-state index in [2.05, 4.69) is 14.7 Å². The number of fused-ring (bicyclic) bond motifs is 1.